The second kappa shape index (κ2) is 10.5. The van der Waals surface area contributed by atoms with Gasteiger partial charge in [-0.3, -0.25) is 9.69 Å². The van der Waals surface area contributed by atoms with Gasteiger partial charge in [-0.15, -0.1) is 0 Å². The number of rotatable bonds is 4. The van der Waals surface area contributed by atoms with Gasteiger partial charge >= 0.3 is 12.1 Å². The number of fused-ring (bicyclic) bond motifs is 1. The predicted molar refractivity (Wildman–Crippen MR) is 109 cm³/mol. The number of piperidine rings is 1. The van der Waals surface area contributed by atoms with Gasteiger partial charge in [-0.1, -0.05) is 18.2 Å². The molecule has 32 heavy (non-hydrogen) atoms. The lowest BCUT2D eigenvalue weighted by Gasteiger charge is -2.34. The van der Waals surface area contributed by atoms with Gasteiger partial charge in [0.05, 0.1) is 13.2 Å². The van der Waals surface area contributed by atoms with E-state index in [0.717, 1.165) is 64.2 Å². The maximum atomic E-state index is 12.6. The highest BCUT2D eigenvalue weighted by molar-refractivity contribution is 5.81. The topological polar surface area (TPSA) is 79.3 Å². The lowest BCUT2D eigenvalue weighted by molar-refractivity contribution is -0.192. The number of benzene rings is 1. The number of carboxylic acid groups (broad SMARTS) is 1. The van der Waals surface area contributed by atoms with Crippen molar-refractivity contribution in [2.75, 3.05) is 33.3 Å². The molecule has 0 aromatic heterocycles. The fourth-order valence-corrected chi connectivity index (χ4v) is 4.51. The molecule has 3 aliphatic rings. The molecule has 3 saturated heterocycles. The Morgan fingerprint density at radius 3 is 2.47 bits per heavy atom. The van der Waals surface area contributed by atoms with Crippen molar-refractivity contribution in [1.29, 1.82) is 0 Å². The summed E-state index contributed by atoms with van der Waals surface area (Å²) >= 11 is 0. The number of alkyl halides is 3. The minimum Gasteiger partial charge on any atom is -0.496 e. The number of methoxy groups -OCH3 is 1. The summed E-state index contributed by atoms with van der Waals surface area (Å²) in [5.74, 6) is -1.06. The molecule has 1 aromatic rings. The number of amides is 1. The summed E-state index contributed by atoms with van der Waals surface area (Å²) in [6, 6.07) is 8.20. The van der Waals surface area contributed by atoms with Crippen LogP contribution in [-0.4, -0.2) is 78.5 Å². The summed E-state index contributed by atoms with van der Waals surface area (Å²) < 4.78 is 43.4. The second-order valence-electron chi connectivity index (χ2n) is 8.33. The van der Waals surface area contributed by atoms with Gasteiger partial charge in [-0.25, -0.2) is 4.79 Å². The zero-order chi connectivity index (χ0) is 23.3. The maximum absolute atomic E-state index is 12.6. The highest BCUT2D eigenvalue weighted by atomic mass is 19.4. The van der Waals surface area contributed by atoms with E-state index in [1.807, 2.05) is 17.0 Å². The molecule has 0 saturated carbocycles. The van der Waals surface area contributed by atoms with Crippen LogP contribution < -0.4 is 4.74 Å². The van der Waals surface area contributed by atoms with Crippen molar-refractivity contribution in [3.8, 4) is 5.75 Å². The quantitative estimate of drug-likeness (QED) is 0.748. The molecule has 3 aliphatic heterocycles. The van der Waals surface area contributed by atoms with Crippen LogP contribution in [0.3, 0.4) is 0 Å². The van der Waals surface area contributed by atoms with Crippen molar-refractivity contribution in [3.05, 3.63) is 29.8 Å². The fraction of sp³-hybridized carbons (Fsp3) is 0.636. The van der Waals surface area contributed by atoms with Crippen LogP contribution >= 0.6 is 0 Å². The Morgan fingerprint density at radius 2 is 1.84 bits per heavy atom. The average molecular weight is 458 g/mol. The fourth-order valence-electron chi connectivity index (χ4n) is 4.51. The molecule has 7 nitrogen and oxygen atoms in total. The Balaban J connectivity index is 0.000000360. The zero-order valence-electron chi connectivity index (χ0n) is 18.0. The first-order valence-electron chi connectivity index (χ1n) is 10.8. The molecule has 0 unspecified atom stereocenters. The summed E-state index contributed by atoms with van der Waals surface area (Å²) in [7, 11) is 1.72. The third-order valence-corrected chi connectivity index (χ3v) is 6.16. The number of carbonyl (C=O) groups excluding carboxylic acids is 1. The number of hydrogen-bond acceptors (Lipinski definition) is 5. The maximum Gasteiger partial charge on any atom is 0.490 e. The molecular formula is C22H29F3N2O5. The number of halogens is 3. The normalized spacial score (nSPS) is 25.6. The van der Waals surface area contributed by atoms with E-state index >= 15 is 0 Å². The van der Waals surface area contributed by atoms with Gasteiger partial charge in [0.2, 0.25) is 0 Å². The second-order valence-corrected chi connectivity index (χ2v) is 8.33. The third kappa shape index (κ3) is 6.13. The molecule has 4 rings (SSSR count). The average Bonchev–Trinajstić information content (AvgIpc) is 3.43. The van der Waals surface area contributed by atoms with Crippen LogP contribution in [0.25, 0.3) is 0 Å². The van der Waals surface area contributed by atoms with Gasteiger partial charge in [-0.05, 0) is 44.2 Å². The van der Waals surface area contributed by atoms with Crippen LogP contribution in [0.4, 0.5) is 13.2 Å². The number of nitrogens with zero attached hydrogens (tertiary/aromatic N) is 2. The van der Waals surface area contributed by atoms with E-state index in [-0.39, 0.29) is 18.1 Å². The monoisotopic (exact) mass is 458 g/mol. The molecule has 3 atom stereocenters. The summed E-state index contributed by atoms with van der Waals surface area (Å²) in [5.41, 5.74) is 1.21. The van der Waals surface area contributed by atoms with Crippen molar-refractivity contribution in [2.24, 2.45) is 5.92 Å². The summed E-state index contributed by atoms with van der Waals surface area (Å²) in [4.78, 5) is 25.9. The highest BCUT2D eigenvalue weighted by Crippen LogP contribution is 2.35. The van der Waals surface area contributed by atoms with Crippen molar-refractivity contribution in [3.63, 3.8) is 0 Å². The summed E-state index contributed by atoms with van der Waals surface area (Å²) in [5, 5.41) is 7.12. The first kappa shape index (κ1) is 24.3. The van der Waals surface area contributed by atoms with Crippen LogP contribution in [0.2, 0.25) is 0 Å². The van der Waals surface area contributed by atoms with E-state index in [1.54, 1.807) is 7.11 Å². The number of hydrogen-bond donors (Lipinski definition) is 1. The zero-order valence-corrected chi connectivity index (χ0v) is 18.0. The molecular weight excluding hydrogens is 429 g/mol. The molecule has 178 valence electrons. The Labute approximate surface area is 185 Å². The van der Waals surface area contributed by atoms with Crippen molar-refractivity contribution in [2.45, 2.75) is 50.6 Å². The van der Waals surface area contributed by atoms with E-state index in [2.05, 4.69) is 17.0 Å². The number of carboxylic acids is 1. The minimum absolute atomic E-state index is 0.194. The van der Waals surface area contributed by atoms with Crippen LogP contribution in [0.15, 0.2) is 24.3 Å². The summed E-state index contributed by atoms with van der Waals surface area (Å²) in [6.45, 7) is 4.67. The Hall–Kier alpha value is -2.33. The number of ether oxygens (including phenoxy) is 2. The first-order valence-corrected chi connectivity index (χ1v) is 10.8. The van der Waals surface area contributed by atoms with E-state index in [0.29, 0.717) is 5.92 Å². The van der Waals surface area contributed by atoms with Crippen LogP contribution in [-0.2, 0) is 20.9 Å². The van der Waals surface area contributed by atoms with Crippen molar-refractivity contribution in [1.82, 2.24) is 9.80 Å². The summed E-state index contributed by atoms with van der Waals surface area (Å²) in [6.07, 6.45) is -0.804. The largest absolute Gasteiger partial charge is 0.496 e. The van der Waals surface area contributed by atoms with Crippen LogP contribution in [0.1, 0.15) is 31.2 Å². The standard InChI is InChI=1S/C20H28N2O3.C2HF3O2/c1-24-17-7-3-2-6-16(17)13-21-11-8-15-12-18(25-19(15)14-21)20(23)22-9-4-5-10-22;3-2(4,5)1(6)7/h2-3,6-7,15,18-19H,4-5,8-14H2,1H3;(H,6,7)/t15-,18+,19+;/m0./s1. The molecule has 0 spiro atoms. The molecule has 1 aromatic carbocycles. The first-order chi connectivity index (χ1) is 15.2. The Kier molecular flexibility index (Phi) is 8.00. The van der Waals surface area contributed by atoms with Crippen molar-refractivity contribution < 1.29 is 37.3 Å². The smallest absolute Gasteiger partial charge is 0.490 e. The van der Waals surface area contributed by atoms with Gasteiger partial charge in [0.1, 0.15) is 11.9 Å². The molecule has 3 heterocycles. The highest BCUT2D eigenvalue weighted by Gasteiger charge is 2.43. The molecule has 0 radical (unpaired) electrons. The number of aliphatic carboxylic acids is 1. The Morgan fingerprint density at radius 1 is 1.19 bits per heavy atom. The molecule has 0 aliphatic carbocycles. The number of carbonyl (C=O) groups is 2. The lowest BCUT2D eigenvalue weighted by Crippen LogP contribution is -2.42. The molecule has 1 N–H and O–H groups in total. The van der Waals surface area contributed by atoms with Gasteiger partial charge < -0.3 is 19.5 Å². The molecule has 3 fully saturated rings. The number of likely N-dealkylation sites (tertiary alicyclic amines) is 2. The lowest BCUT2D eigenvalue weighted by atomic mass is 9.91. The van der Waals surface area contributed by atoms with Gasteiger partial charge in [-0.2, -0.15) is 13.2 Å². The van der Waals surface area contributed by atoms with E-state index in [9.17, 15) is 18.0 Å². The van der Waals surface area contributed by atoms with Crippen LogP contribution in [0, 0.1) is 5.92 Å². The molecule has 1 amide bonds. The SMILES string of the molecule is COc1ccccc1CN1CC[C@H]2C[C@H](C(=O)N3CCCC3)O[C@@H]2C1.O=C(O)C(F)(F)F. The third-order valence-electron chi connectivity index (χ3n) is 6.16. The van der Waals surface area contributed by atoms with Crippen LogP contribution in [0.5, 0.6) is 5.75 Å². The number of para-hydroxylation sites is 1. The minimum atomic E-state index is -5.08. The van der Waals surface area contributed by atoms with Gasteiger partial charge in [0, 0.05) is 31.7 Å². The van der Waals surface area contributed by atoms with E-state index in [1.165, 1.54) is 5.56 Å². The molecule has 0 bridgehead atoms. The van der Waals surface area contributed by atoms with Gasteiger partial charge in [0.25, 0.3) is 5.91 Å². The van der Waals surface area contributed by atoms with Crippen molar-refractivity contribution >= 4 is 11.9 Å². The predicted octanol–water partition coefficient (Wildman–Crippen LogP) is 2.93. The Bertz CT molecular complexity index is 798. The van der Waals surface area contributed by atoms with E-state index < -0.39 is 12.1 Å². The van der Waals surface area contributed by atoms with Gasteiger partial charge in [0.15, 0.2) is 0 Å². The molecule has 10 heteroatoms. The van der Waals surface area contributed by atoms with E-state index in [4.69, 9.17) is 19.4 Å².